The van der Waals surface area contributed by atoms with Crippen LogP contribution in [0, 0.1) is 46.5 Å². The van der Waals surface area contributed by atoms with Crippen molar-refractivity contribution in [2.24, 2.45) is 0 Å². The molecule has 0 aliphatic heterocycles. The minimum Gasteiger partial charge on any atom is -0.491 e. The normalized spacial score (nSPS) is 11.4. The summed E-state index contributed by atoms with van der Waals surface area (Å²) in [6.45, 7) is 0. The van der Waals surface area contributed by atoms with Gasteiger partial charge in [0.2, 0.25) is 23.3 Å². The van der Waals surface area contributed by atoms with E-state index in [0.717, 1.165) is 26.4 Å². The molecule has 0 saturated carbocycles. The van der Waals surface area contributed by atoms with Crippen LogP contribution in [0.3, 0.4) is 0 Å². The molecule has 0 fully saturated rings. The van der Waals surface area contributed by atoms with E-state index < -0.39 is 80.6 Å². The van der Waals surface area contributed by atoms with Crippen molar-refractivity contribution in [1.29, 1.82) is 0 Å². The zero-order valence-electron chi connectivity index (χ0n) is 19.2. The third-order valence-electron chi connectivity index (χ3n) is 5.89. The van der Waals surface area contributed by atoms with E-state index in [0.29, 0.717) is 10.8 Å². The van der Waals surface area contributed by atoms with Crippen molar-refractivity contribution in [2.75, 3.05) is 14.2 Å². The Morgan fingerprint density at radius 3 is 1.03 bits per heavy atom. The summed E-state index contributed by atoms with van der Waals surface area (Å²) >= 11 is 0. The summed E-state index contributed by atoms with van der Waals surface area (Å²) in [6, 6.07) is 7.89. The van der Waals surface area contributed by atoms with Crippen molar-refractivity contribution in [1.82, 2.24) is 9.97 Å². The van der Waals surface area contributed by atoms with Crippen LogP contribution in [0.2, 0.25) is 0 Å². The lowest BCUT2D eigenvalue weighted by Crippen LogP contribution is -2.05. The molecule has 0 unspecified atom stereocenters. The molecular weight excluding hydrogens is 524 g/mol. The van der Waals surface area contributed by atoms with Gasteiger partial charge in [0.15, 0.2) is 34.8 Å². The van der Waals surface area contributed by atoms with Crippen molar-refractivity contribution in [2.45, 2.75) is 0 Å². The average Bonchev–Trinajstić information content (AvgIpc) is 2.91. The number of halogens is 8. The van der Waals surface area contributed by atoms with Crippen LogP contribution in [0.15, 0.2) is 36.4 Å². The van der Waals surface area contributed by atoms with Crippen LogP contribution in [0.1, 0.15) is 0 Å². The summed E-state index contributed by atoms with van der Waals surface area (Å²) in [7, 11) is 1.66. The number of ether oxygens (including phenoxy) is 2. The Morgan fingerprint density at radius 2 is 0.737 bits per heavy atom. The Bertz CT molecular complexity index is 1600. The molecule has 12 heteroatoms. The maximum Gasteiger partial charge on any atom is 0.204 e. The molecule has 0 radical (unpaired) electrons. The molecule has 0 bridgehead atoms. The molecule has 3 aromatic carbocycles. The van der Waals surface area contributed by atoms with E-state index in [-0.39, 0.29) is 11.0 Å². The Hall–Kier alpha value is -4.48. The average molecular weight is 536 g/mol. The fourth-order valence-electron chi connectivity index (χ4n) is 4.08. The van der Waals surface area contributed by atoms with Crippen molar-refractivity contribution in [3.05, 3.63) is 82.9 Å². The molecule has 38 heavy (non-hydrogen) atoms. The molecule has 194 valence electrons. The first-order chi connectivity index (χ1) is 18.1. The summed E-state index contributed by atoms with van der Waals surface area (Å²) in [6.07, 6.45) is 0. The van der Waals surface area contributed by atoms with E-state index in [2.05, 4.69) is 19.4 Å². The highest BCUT2D eigenvalue weighted by atomic mass is 19.2. The summed E-state index contributed by atoms with van der Waals surface area (Å²) < 4.78 is 125. The van der Waals surface area contributed by atoms with Crippen LogP contribution in [0.5, 0.6) is 11.5 Å². The molecule has 0 spiro atoms. The lowest BCUT2D eigenvalue weighted by molar-refractivity contribution is 0.334. The summed E-state index contributed by atoms with van der Waals surface area (Å²) in [5, 5.41) is 0.628. The van der Waals surface area contributed by atoms with Gasteiger partial charge >= 0.3 is 0 Å². The first-order valence-electron chi connectivity index (χ1n) is 10.6. The monoisotopic (exact) mass is 536 g/mol. The lowest BCUT2D eigenvalue weighted by Gasteiger charge is -2.13. The number of nitrogens with zero attached hydrogens (tertiary/aromatic N) is 2. The third kappa shape index (κ3) is 3.58. The van der Waals surface area contributed by atoms with Gasteiger partial charge in [-0.25, -0.2) is 27.5 Å². The topological polar surface area (TPSA) is 44.2 Å². The van der Waals surface area contributed by atoms with Gasteiger partial charge in [-0.1, -0.05) is 24.3 Å². The second-order valence-corrected chi connectivity index (χ2v) is 7.93. The molecule has 2 heterocycles. The summed E-state index contributed by atoms with van der Waals surface area (Å²) in [5.41, 5.74) is -3.52. The first kappa shape index (κ1) is 25.2. The highest BCUT2D eigenvalue weighted by molar-refractivity contribution is 6.04. The van der Waals surface area contributed by atoms with Crippen LogP contribution in [0.4, 0.5) is 35.1 Å². The highest BCUT2D eigenvalue weighted by Crippen LogP contribution is 2.38. The molecule has 0 N–H and O–H groups in total. The second-order valence-electron chi connectivity index (χ2n) is 7.93. The molecule has 5 aromatic rings. The largest absolute Gasteiger partial charge is 0.491 e. The van der Waals surface area contributed by atoms with E-state index in [1.165, 1.54) is 24.3 Å². The number of fused-ring (bicyclic) bond motifs is 3. The van der Waals surface area contributed by atoms with Gasteiger partial charge in [0, 0.05) is 10.8 Å². The molecule has 2 aromatic heterocycles. The predicted octanol–water partition coefficient (Wildman–Crippen LogP) is 7.25. The molecule has 0 atom stereocenters. The first-order valence-corrected chi connectivity index (χ1v) is 10.6. The van der Waals surface area contributed by atoms with Gasteiger partial charge in [-0.15, -0.1) is 0 Å². The van der Waals surface area contributed by atoms with Gasteiger partial charge in [-0.2, -0.15) is 17.6 Å². The van der Waals surface area contributed by atoms with E-state index >= 15 is 0 Å². The molecule has 0 amide bonds. The molecule has 5 rings (SSSR count). The van der Waals surface area contributed by atoms with Crippen LogP contribution < -0.4 is 9.47 Å². The van der Waals surface area contributed by atoms with Gasteiger partial charge in [-0.3, -0.25) is 0 Å². The Kier molecular flexibility index (Phi) is 6.04. The van der Waals surface area contributed by atoms with E-state index in [9.17, 15) is 35.1 Å². The van der Waals surface area contributed by atoms with Crippen molar-refractivity contribution in [3.63, 3.8) is 0 Å². The number of methoxy groups -OCH3 is 2. The molecular formula is C26H12F8N2O2. The molecule has 0 aliphatic carbocycles. The smallest absolute Gasteiger partial charge is 0.204 e. The number of aromatic nitrogens is 2. The van der Waals surface area contributed by atoms with Gasteiger partial charge in [-0.05, 0) is 12.1 Å². The Labute approximate surface area is 208 Å². The number of rotatable bonds is 4. The summed E-state index contributed by atoms with van der Waals surface area (Å²) in [5.74, 6) is -16.7. The minimum atomic E-state index is -1.78. The summed E-state index contributed by atoms with van der Waals surface area (Å²) in [4.78, 5) is 8.21. The third-order valence-corrected chi connectivity index (χ3v) is 5.89. The van der Waals surface area contributed by atoms with Crippen LogP contribution in [0.25, 0.3) is 44.3 Å². The van der Waals surface area contributed by atoms with Crippen LogP contribution in [-0.2, 0) is 0 Å². The van der Waals surface area contributed by atoms with E-state index in [1.54, 1.807) is 0 Å². The highest BCUT2D eigenvalue weighted by Gasteiger charge is 2.29. The van der Waals surface area contributed by atoms with Gasteiger partial charge in [0.1, 0.15) is 0 Å². The number of hydrogen-bond acceptors (Lipinski definition) is 4. The fraction of sp³-hybridized carbons (Fsp3) is 0.0769. The van der Waals surface area contributed by atoms with E-state index in [1.807, 2.05) is 0 Å². The zero-order chi connectivity index (χ0) is 27.5. The zero-order valence-corrected chi connectivity index (χ0v) is 19.2. The second kappa shape index (κ2) is 9.12. The fourth-order valence-corrected chi connectivity index (χ4v) is 4.08. The maximum atomic E-state index is 14.7. The number of hydrogen-bond donors (Lipinski definition) is 0. The lowest BCUT2D eigenvalue weighted by atomic mass is 10.0. The number of benzene rings is 3. The van der Waals surface area contributed by atoms with Crippen molar-refractivity contribution >= 4 is 21.8 Å². The molecule has 0 saturated heterocycles. The standard InChI is InChI=1S/C26H12F8N2O2/c1-37-25-19(31)15(27)13(16(28)20(25)32)11-7-5-9-3-4-10-6-8-12(36-24(10)23(9)35-11)14-17(29)21(33)26(38-2)22(34)18(14)30/h3-8H,1-2H3. The van der Waals surface area contributed by atoms with Crippen LogP contribution in [-0.4, -0.2) is 24.2 Å². The molecule has 4 nitrogen and oxygen atoms in total. The van der Waals surface area contributed by atoms with Crippen molar-refractivity contribution < 1.29 is 44.6 Å². The Morgan fingerprint density at radius 1 is 0.447 bits per heavy atom. The molecule has 0 aliphatic rings. The quantitative estimate of drug-likeness (QED) is 0.138. The van der Waals surface area contributed by atoms with Crippen LogP contribution >= 0.6 is 0 Å². The predicted molar refractivity (Wildman–Crippen MR) is 121 cm³/mol. The minimum absolute atomic E-state index is 0.0902. The number of pyridine rings is 2. The van der Waals surface area contributed by atoms with Gasteiger partial charge < -0.3 is 9.47 Å². The van der Waals surface area contributed by atoms with E-state index in [4.69, 9.17) is 0 Å². The Balaban J connectivity index is 1.79. The SMILES string of the molecule is COc1c(F)c(F)c(-c2ccc3ccc4ccc(-c5c(F)c(F)c(OC)c(F)c5F)nc4c3n2)c(F)c1F. The van der Waals surface area contributed by atoms with Gasteiger partial charge in [0.05, 0.1) is 47.8 Å². The van der Waals surface area contributed by atoms with Crippen molar-refractivity contribution in [3.8, 4) is 34.0 Å². The maximum absolute atomic E-state index is 14.7. The van der Waals surface area contributed by atoms with Gasteiger partial charge in [0.25, 0.3) is 0 Å².